The van der Waals surface area contributed by atoms with Crippen molar-refractivity contribution in [3.63, 3.8) is 0 Å². The van der Waals surface area contributed by atoms with Crippen molar-refractivity contribution < 1.29 is 23.1 Å². The number of carbonyl (C=O) groups is 1. The Morgan fingerprint density at radius 2 is 1.89 bits per heavy atom. The number of rotatable bonds is 2. The van der Waals surface area contributed by atoms with E-state index >= 15 is 0 Å². The van der Waals surface area contributed by atoms with Crippen LogP contribution < -0.4 is 4.90 Å². The molecule has 1 saturated heterocycles. The molecule has 1 aromatic carbocycles. The van der Waals surface area contributed by atoms with Gasteiger partial charge in [0.1, 0.15) is 0 Å². The first-order chi connectivity index (χ1) is 8.81. The van der Waals surface area contributed by atoms with Crippen molar-refractivity contribution in [3.8, 4) is 0 Å². The van der Waals surface area contributed by atoms with Gasteiger partial charge in [-0.3, -0.25) is 0 Å². The molecule has 0 bridgehead atoms. The molecule has 3 rings (SSSR count). The van der Waals surface area contributed by atoms with Crippen LogP contribution in [0.4, 0.5) is 18.9 Å². The van der Waals surface area contributed by atoms with Crippen LogP contribution in [-0.4, -0.2) is 24.2 Å². The van der Waals surface area contributed by atoms with Gasteiger partial charge in [-0.25, -0.2) is 4.79 Å². The molecule has 1 heterocycles. The number of halogens is 3. The fourth-order valence-electron chi connectivity index (χ4n) is 2.58. The lowest BCUT2D eigenvalue weighted by atomic mass is 9.94. The number of benzene rings is 1. The van der Waals surface area contributed by atoms with E-state index in [2.05, 4.69) is 0 Å². The summed E-state index contributed by atoms with van der Waals surface area (Å²) in [5.74, 6) is -1.19. The molecule has 1 spiro atoms. The third-order valence-electron chi connectivity index (χ3n) is 3.91. The second-order valence-corrected chi connectivity index (χ2v) is 5.39. The van der Waals surface area contributed by atoms with Crippen molar-refractivity contribution in [1.29, 1.82) is 0 Å². The Hall–Kier alpha value is -1.72. The lowest BCUT2D eigenvalue weighted by Gasteiger charge is -2.42. The van der Waals surface area contributed by atoms with Gasteiger partial charge in [-0.05, 0) is 31.0 Å². The fraction of sp³-hybridized carbons (Fsp3) is 0.462. The topological polar surface area (TPSA) is 40.5 Å². The van der Waals surface area contributed by atoms with Crippen LogP contribution in [0.25, 0.3) is 0 Å². The highest BCUT2D eigenvalue weighted by molar-refractivity contribution is 5.95. The first kappa shape index (κ1) is 12.3. The molecule has 1 N–H and O–H groups in total. The standard InChI is InChI=1S/C13H12F3NO2/c14-13(15,16)8-1-2-9(11(18)19)10(5-8)17-6-12(7-17)3-4-12/h1-2,5H,3-4,6-7H2,(H,18,19). The Morgan fingerprint density at radius 1 is 1.26 bits per heavy atom. The molecule has 1 aromatic rings. The molecule has 2 fully saturated rings. The smallest absolute Gasteiger partial charge is 0.416 e. The van der Waals surface area contributed by atoms with Crippen molar-refractivity contribution >= 4 is 11.7 Å². The van der Waals surface area contributed by atoms with E-state index in [4.69, 9.17) is 5.11 Å². The van der Waals surface area contributed by atoms with Gasteiger partial charge in [0, 0.05) is 18.5 Å². The summed E-state index contributed by atoms with van der Waals surface area (Å²) in [7, 11) is 0. The fourth-order valence-corrected chi connectivity index (χ4v) is 2.58. The van der Waals surface area contributed by atoms with Crippen LogP contribution in [0.5, 0.6) is 0 Å². The third-order valence-corrected chi connectivity index (χ3v) is 3.91. The molecule has 0 unspecified atom stereocenters. The highest BCUT2D eigenvalue weighted by Gasteiger charge is 2.53. The predicted molar refractivity (Wildman–Crippen MR) is 62.3 cm³/mol. The molecular weight excluding hydrogens is 259 g/mol. The first-order valence-electron chi connectivity index (χ1n) is 6.00. The normalized spacial score (nSPS) is 20.3. The van der Waals surface area contributed by atoms with Crippen molar-refractivity contribution in [2.24, 2.45) is 5.41 Å². The minimum atomic E-state index is -4.45. The first-order valence-corrected chi connectivity index (χ1v) is 6.00. The quantitative estimate of drug-likeness (QED) is 0.899. The maximum absolute atomic E-state index is 12.7. The number of anilines is 1. The molecule has 0 atom stereocenters. The third kappa shape index (κ3) is 2.05. The second-order valence-electron chi connectivity index (χ2n) is 5.39. The molecule has 3 nitrogen and oxygen atoms in total. The highest BCUT2D eigenvalue weighted by atomic mass is 19.4. The molecular formula is C13H12F3NO2. The lowest BCUT2D eigenvalue weighted by Crippen LogP contribution is -2.49. The maximum Gasteiger partial charge on any atom is 0.416 e. The number of carboxylic acid groups (broad SMARTS) is 1. The van der Waals surface area contributed by atoms with E-state index in [0.717, 1.165) is 31.0 Å². The summed E-state index contributed by atoms with van der Waals surface area (Å²) in [4.78, 5) is 12.8. The van der Waals surface area contributed by atoms with Crippen LogP contribution in [0, 0.1) is 5.41 Å². The summed E-state index contributed by atoms with van der Waals surface area (Å²) in [5.41, 5.74) is -0.433. The lowest BCUT2D eigenvalue weighted by molar-refractivity contribution is -0.137. The summed E-state index contributed by atoms with van der Waals surface area (Å²) in [6.07, 6.45) is -2.27. The van der Waals surface area contributed by atoms with E-state index in [1.807, 2.05) is 0 Å². The molecule has 0 radical (unpaired) electrons. The van der Waals surface area contributed by atoms with Crippen LogP contribution >= 0.6 is 0 Å². The number of nitrogens with zero attached hydrogens (tertiary/aromatic N) is 1. The second kappa shape index (κ2) is 3.65. The zero-order valence-electron chi connectivity index (χ0n) is 10.00. The van der Waals surface area contributed by atoms with Gasteiger partial charge in [0.05, 0.1) is 16.8 Å². The Balaban J connectivity index is 1.96. The minimum Gasteiger partial charge on any atom is -0.478 e. The number of carboxylic acids is 1. The van der Waals surface area contributed by atoms with Gasteiger partial charge in [-0.15, -0.1) is 0 Å². The Bertz CT molecular complexity index is 541. The summed E-state index contributed by atoms with van der Waals surface area (Å²) in [6, 6.07) is 2.80. The molecule has 2 aliphatic rings. The highest BCUT2D eigenvalue weighted by Crippen LogP contribution is 2.54. The average Bonchev–Trinajstić information content (AvgIpc) is 3.04. The summed E-state index contributed by atoms with van der Waals surface area (Å²) in [6.45, 7) is 1.32. The van der Waals surface area contributed by atoms with Crippen LogP contribution in [0.1, 0.15) is 28.8 Å². The predicted octanol–water partition coefficient (Wildman–Crippen LogP) is 3.00. The molecule has 1 aliphatic carbocycles. The van der Waals surface area contributed by atoms with Gasteiger partial charge in [-0.2, -0.15) is 13.2 Å². The summed E-state index contributed by atoms with van der Waals surface area (Å²) in [5, 5.41) is 9.07. The molecule has 19 heavy (non-hydrogen) atoms. The number of aromatic carboxylic acids is 1. The zero-order chi connectivity index (χ0) is 13.8. The SMILES string of the molecule is O=C(O)c1ccc(C(F)(F)F)cc1N1CC2(CC2)C1. The van der Waals surface area contributed by atoms with Crippen LogP contribution in [0.3, 0.4) is 0 Å². The minimum absolute atomic E-state index is 0.0662. The number of hydrogen-bond donors (Lipinski definition) is 1. The number of alkyl halides is 3. The van der Waals surface area contributed by atoms with Gasteiger partial charge in [0.25, 0.3) is 0 Å². The van der Waals surface area contributed by atoms with E-state index in [9.17, 15) is 18.0 Å². The van der Waals surface area contributed by atoms with Crippen molar-refractivity contribution in [2.45, 2.75) is 19.0 Å². The van der Waals surface area contributed by atoms with E-state index in [0.29, 0.717) is 13.1 Å². The largest absolute Gasteiger partial charge is 0.478 e. The number of hydrogen-bond acceptors (Lipinski definition) is 2. The molecule has 0 aromatic heterocycles. The van der Waals surface area contributed by atoms with E-state index in [1.54, 1.807) is 4.90 Å². The molecule has 1 saturated carbocycles. The van der Waals surface area contributed by atoms with Gasteiger partial charge in [0.2, 0.25) is 0 Å². The van der Waals surface area contributed by atoms with E-state index < -0.39 is 17.7 Å². The van der Waals surface area contributed by atoms with Gasteiger partial charge < -0.3 is 10.0 Å². The van der Waals surface area contributed by atoms with Crippen LogP contribution in [-0.2, 0) is 6.18 Å². The van der Waals surface area contributed by atoms with Crippen LogP contribution in [0.2, 0.25) is 0 Å². The summed E-state index contributed by atoms with van der Waals surface area (Å²) >= 11 is 0. The molecule has 6 heteroatoms. The van der Waals surface area contributed by atoms with E-state index in [1.165, 1.54) is 0 Å². The average molecular weight is 271 g/mol. The molecule has 1 aliphatic heterocycles. The van der Waals surface area contributed by atoms with Gasteiger partial charge in [0.15, 0.2) is 0 Å². The summed E-state index contributed by atoms with van der Waals surface area (Å²) < 4.78 is 38.1. The molecule has 102 valence electrons. The Labute approximate surface area is 107 Å². The van der Waals surface area contributed by atoms with E-state index in [-0.39, 0.29) is 16.7 Å². The monoisotopic (exact) mass is 271 g/mol. The van der Waals surface area contributed by atoms with Gasteiger partial charge >= 0.3 is 12.1 Å². The zero-order valence-corrected chi connectivity index (χ0v) is 10.00. The van der Waals surface area contributed by atoms with Crippen molar-refractivity contribution in [2.75, 3.05) is 18.0 Å². The Kier molecular flexibility index (Phi) is 2.37. The van der Waals surface area contributed by atoms with Crippen LogP contribution in [0.15, 0.2) is 18.2 Å². The Morgan fingerprint density at radius 3 is 2.37 bits per heavy atom. The van der Waals surface area contributed by atoms with Crippen molar-refractivity contribution in [1.82, 2.24) is 0 Å². The van der Waals surface area contributed by atoms with Gasteiger partial charge in [-0.1, -0.05) is 0 Å². The maximum atomic E-state index is 12.7. The molecule has 0 amide bonds. The van der Waals surface area contributed by atoms with Crippen molar-refractivity contribution in [3.05, 3.63) is 29.3 Å².